The van der Waals surface area contributed by atoms with Crippen LogP contribution in [-0.2, 0) is 19.0 Å². The maximum absolute atomic E-state index is 14.2. The minimum Gasteiger partial charge on any atom is -0.505 e. The molecular weight excluding hydrogens is 548 g/mol. The summed E-state index contributed by atoms with van der Waals surface area (Å²) < 4.78 is 25.9. The highest BCUT2D eigenvalue weighted by Crippen LogP contribution is 2.51. The summed E-state index contributed by atoms with van der Waals surface area (Å²) >= 11 is 0. The topological polar surface area (TPSA) is 96.3 Å². The maximum atomic E-state index is 14.2. The third-order valence-corrected chi connectivity index (χ3v) is 8.77. The van der Waals surface area contributed by atoms with Crippen molar-refractivity contribution in [2.45, 2.75) is 31.7 Å². The lowest BCUT2D eigenvalue weighted by atomic mass is 9.58. The van der Waals surface area contributed by atoms with Gasteiger partial charge in [-0.15, -0.1) is 0 Å². The first-order chi connectivity index (χ1) is 20.9. The molecule has 3 aromatic rings. The zero-order valence-corrected chi connectivity index (χ0v) is 23.9. The smallest absolute Gasteiger partial charge is 0.455 e. The molecule has 2 N–H and O–H groups in total. The van der Waals surface area contributed by atoms with Crippen LogP contribution in [-0.4, -0.2) is 48.9 Å². The van der Waals surface area contributed by atoms with Gasteiger partial charge in [0.2, 0.25) is 11.8 Å². The predicted molar refractivity (Wildman–Crippen MR) is 162 cm³/mol. The Labute approximate surface area is 250 Å². The number of amides is 2. The van der Waals surface area contributed by atoms with E-state index in [0.29, 0.717) is 37.1 Å². The monoisotopic (exact) mass is 581 g/mol. The van der Waals surface area contributed by atoms with Gasteiger partial charge in [0.1, 0.15) is 0 Å². The number of anilines is 1. The van der Waals surface area contributed by atoms with E-state index in [0.717, 1.165) is 22.3 Å². The summed E-state index contributed by atoms with van der Waals surface area (Å²) in [5.41, 5.74) is 4.91. The van der Waals surface area contributed by atoms with Gasteiger partial charge in [-0.05, 0) is 83.6 Å². The van der Waals surface area contributed by atoms with Crippen LogP contribution in [0.2, 0.25) is 6.32 Å². The number of hydrogen-bond donors (Lipinski definition) is 2. The second-order valence-electron chi connectivity index (χ2n) is 11.4. The second-order valence-corrected chi connectivity index (χ2v) is 11.4. The van der Waals surface area contributed by atoms with Crippen LogP contribution < -0.4 is 4.90 Å². The molecule has 4 atom stereocenters. The number of fused-ring (bicyclic) bond motifs is 3. The Morgan fingerprint density at radius 1 is 1.05 bits per heavy atom. The van der Waals surface area contributed by atoms with Crippen molar-refractivity contribution in [3.63, 3.8) is 0 Å². The number of allylic oxidation sites excluding steroid dienone is 1. The summed E-state index contributed by atoms with van der Waals surface area (Å²) in [5, 5.41) is 20.6. The van der Waals surface area contributed by atoms with Crippen LogP contribution in [0.1, 0.15) is 30.4 Å². The Morgan fingerprint density at radius 3 is 2.47 bits per heavy atom. The van der Waals surface area contributed by atoms with Gasteiger partial charge in [0.25, 0.3) is 0 Å². The number of carbonyl (C=O) groups excluding carboxylic acids is 2. The number of carbonyl (C=O) groups is 2. The molecule has 2 aliphatic heterocycles. The number of hydrogen-bond acceptors (Lipinski definition) is 6. The van der Waals surface area contributed by atoms with Crippen LogP contribution in [0.4, 0.5) is 10.1 Å². The molecule has 6 rings (SSSR count). The Bertz CT molecular complexity index is 1580. The molecule has 0 aromatic heterocycles. The highest BCUT2D eigenvalue weighted by molar-refractivity contribution is 6.43. The second kappa shape index (κ2) is 12.3. The van der Waals surface area contributed by atoms with Gasteiger partial charge >= 0.3 is 7.12 Å². The number of aromatic hydroxyl groups is 1. The molecule has 0 spiro atoms. The summed E-state index contributed by atoms with van der Waals surface area (Å²) in [6, 6.07) is 23.0. The molecule has 2 heterocycles. The third-order valence-electron chi connectivity index (χ3n) is 8.77. The quantitative estimate of drug-likeness (QED) is 0.158. The number of nitrogens with zero attached hydrogens (tertiary/aromatic N) is 1. The average Bonchev–Trinajstić information content (AvgIpc) is 3.26. The summed E-state index contributed by atoms with van der Waals surface area (Å²) in [7, 11) is 0.512. The number of methoxy groups -OCH3 is 1. The fourth-order valence-corrected chi connectivity index (χ4v) is 6.96. The average molecular weight is 581 g/mol. The molecule has 0 bridgehead atoms. The van der Waals surface area contributed by atoms with Gasteiger partial charge in [0, 0.05) is 7.11 Å². The Hall–Kier alpha value is -4.05. The Balaban J connectivity index is 1.33. The number of halogens is 1. The molecule has 3 aliphatic rings. The lowest BCUT2D eigenvalue weighted by molar-refractivity contribution is -0.122. The van der Waals surface area contributed by atoms with E-state index in [1.807, 2.05) is 42.5 Å². The van der Waals surface area contributed by atoms with Crippen molar-refractivity contribution in [1.82, 2.24) is 0 Å². The highest BCUT2D eigenvalue weighted by atomic mass is 19.1. The fourth-order valence-electron chi connectivity index (χ4n) is 6.96. The standard InChI is InChI=1S/C34H33BFNO6/c1-42-20-24-18-26-32(34(40)37(33(26)39)25-10-6-3-7-11-25)27-19-35(41)43-30(31(24)27)15-13-23(22-8-4-2-5-9-22)16-21-12-14-29(38)28(36)17-21/h2-12,14,16-17,26-27,30,32,38,41H,13,15,18-20H2,1H3/b23-16-/t26-,27+,30-,32-/m1/s1. The van der Waals surface area contributed by atoms with E-state index in [1.54, 1.807) is 37.4 Å². The largest absolute Gasteiger partial charge is 0.505 e. The summed E-state index contributed by atoms with van der Waals surface area (Å²) in [4.78, 5) is 28.8. The zero-order chi connectivity index (χ0) is 30.1. The molecule has 220 valence electrons. The SMILES string of the molecule is COCC1=C2[C@@H](CC/C(=C/c3ccc(O)c(F)c3)c3ccccc3)OB(O)C[C@@H]2[C@@H]2C(=O)N(c3ccccc3)C(=O)[C@@H]2C1. The molecule has 0 unspecified atom stereocenters. The van der Waals surface area contributed by atoms with E-state index in [4.69, 9.17) is 9.39 Å². The molecule has 1 aliphatic carbocycles. The van der Waals surface area contributed by atoms with Crippen LogP contribution in [0.25, 0.3) is 11.6 Å². The normalized spacial score (nSPS) is 23.9. The first-order valence-electron chi connectivity index (χ1n) is 14.6. The number of ether oxygens (including phenoxy) is 1. The predicted octanol–water partition coefficient (Wildman–Crippen LogP) is 5.50. The lowest BCUT2D eigenvalue weighted by Crippen LogP contribution is -2.46. The third kappa shape index (κ3) is 5.68. The van der Waals surface area contributed by atoms with Crippen LogP contribution in [0.5, 0.6) is 5.75 Å². The van der Waals surface area contributed by atoms with E-state index in [9.17, 15) is 24.1 Å². The molecule has 0 radical (unpaired) electrons. The van der Waals surface area contributed by atoms with Crippen LogP contribution >= 0.6 is 0 Å². The van der Waals surface area contributed by atoms with Crippen molar-refractivity contribution >= 4 is 36.3 Å². The molecular formula is C34H33BFNO6. The van der Waals surface area contributed by atoms with Crippen molar-refractivity contribution in [1.29, 1.82) is 0 Å². The summed E-state index contributed by atoms with van der Waals surface area (Å²) in [6.45, 7) is 0.298. The van der Waals surface area contributed by atoms with Crippen molar-refractivity contribution in [2.24, 2.45) is 17.8 Å². The molecule has 9 heteroatoms. The number of para-hydroxylation sites is 1. The van der Waals surface area contributed by atoms with E-state index in [1.165, 1.54) is 17.0 Å². The minimum atomic E-state index is -1.09. The maximum Gasteiger partial charge on any atom is 0.455 e. The van der Waals surface area contributed by atoms with Crippen molar-refractivity contribution < 1.29 is 33.5 Å². The number of imide groups is 1. The highest BCUT2D eigenvalue weighted by Gasteiger charge is 2.57. The van der Waals surface area contributed by atoms with Crippen molar-refractivity contribution in [2.75, 3.05) is 18.6 Å². The fraction of sp³-hybridized carbons (Fsp3) is 0.294. The Morgan fingerprint density at radius 2 is 1.77 bits per heavy atom. The number of phenols is 1. The first kappa shape index (κ1) is 29.0. The van der Waals surface area contributed by atoms with Crippen LogP contribution in [0, 0.1) is 23.6 Å². The number of phenolic OH excluding ortho intramolecular Hbond substituents is 1. The Kier molecular flexibility index (Phi) is 8.30. The van der Waals surface area contributed by atoms with E-state index < -0.39 is 36.6 Å². The van der Waals surface area contributed by atoms with Gasteiger partial charge in [-0.25, -0.2) is 4.39 Å². The van der Waals surface area contributed by atoms with Gasteiger partial charge in [-0.2, -0.15) is 0 Å². The zero-order valence-electron chi connectivity index (χ0n) is 23.9. The van der Waals surface area contributed by atoms with E-state index in [2.05, 4.69) is 0 Å². The lowest BCUT2D eigenvalue weighted by Gasteiger charge is -2.43. The molecule has 7 nitrogen and oxygen atoms in total. The van der Waals surface area contributed by atoms with Gasteiger partial charge < -0.3 is 19.5 Å². The van der Waals surface area contributed by atoms with Crippen molar-refractivity contribution in [3.8, 4) is 5.75 Å². The van der Waals surface area contributed by atoms with E-state index in [-0.39, 0.29) is 24.1 Å². The van der Waals surface area contributed by atoms with Gasteiger partial charge in [-0.3, -0.25) is 14.5 Å². The molecule has 0 saturated carbocycles. The number of benzene rings is 3. The van der Waals surface area contributed by atoms with E-state index >= 15 is 0 Å². The summed E-state index contributed by atoms with van der Waals surface area (Å²) in [5.74, 6) is -3.05. The first-order valence-corrected chi connectivity index (χ1v) is 14.6. The van der Waals surface area contributed by atoms with Gasteiger partial charge in [0.15, 0.2) is 11.6 Å². The molecule has 2 fully saturated rings. The van der Waals surface area contributed by atoms with Crippen molar-refractivity contribution in [3.05, 3.63) is 107 Å². The minimum absolute atomic E-state index is 0.218. The summed E-state index contributed by atoms with van der Waals surface area (Å²) in [6.07, 6.45) is 3.00. The molecule has 2 amide bonds. The van der Waals surface area contributed by atoms with Crippen LogP contribution in [0.3, 0.4) is 0 Å². The number of rotatable bonds is 8. The van der Waals surface area contributed by atoms with Gasteiger partial charge in [0.05, 0.1) is 30.2 Å². The van der Waals surface area contributed by atoms with Crippen LogP contribution in [0.15, 0.2) is 90.0 Å². The molecule has 3 aromatic carbocycles. The molecule has 2 saturated heterocycles. The van der Waals surface area contributed by atoms with Gasteiger partial charge in [-0.1, -0.05) is 60.7 Å². The molecule has 43 heavy (non-hydrogen) atoms.